The normalized spacial score (nSPS) is 10.4. The summed E-state index contributed by atoms with van der Waals surface area (Å²) in [6.45, 7) is 3.89. The van der Waals surface area contributed by atoms with Crippen LogP contribution in [-0.2, 0) is 9.53 Å². The van der Waals surface area contributed by atoms with Crippen molar-refractivity contribution < 1.29 is 9.53 Å². The molecule has 0 fully saturated rings. The third kappa shape index (κ3) is 3.61. The fraction of sp³-hybridized carbons (Fsp3) is 0.0455. The van der Waals surface area contributed by atoms with E-state index in [4.69, 9.17) is 4.74 Å². The van der Waals surface area contributed by atoms with Crippen LogP contribution in [0.1, 0.15) is 22.6 Å². The zero-order valence-electron chi connectivity index (χ0n) is 13.3. The maximum atomic E-state index is 12.8. The van der Waals surface area contributed by atoms with Crippen molar-refractivity contribution >= 4 is 11.7 Å². The lowest BCUT2D eigenvalue weighted by molar-refractivity contribution is -0.137. The number of hydrogen-bond acceptors (Lipinski definition) is 2. The first kappa shape index (κ1) is 15.8. The molecule has 0 N–H and O–H groups in total. The number of carbonyl (C=O) groups excluding carboxylic acids is 1. The van der Waals surface area contributed by atoms with Gasteiger partial charge in [0.15, 0.2) is 0 Å². The van der Waals surface area contributed by atoms with E-state index in [0.29, 0.717) is 5.76 Å². The summed E-state index contributed by atoms with van der Waals surface area (Å²) in [6, 6.07) is 28.7. The van der Waals surface area contributed by atoms with Gasteiger partial charge in [0.2, 0.25) is 0 Å². The highest BCUT2D eigenvalue weighted by molar-refractivity contribution is 5.86. The molecule has 2 nitrogen and oxygen atoms in total. The molecule has 0 saturated heterocycles. The van der Waals surface area contributed by atoms with Crippen molar-refractivity contribution in [2.24, 2.45) is 0 Å². The third-order valence-corrected chi connectivity index (χ3v) is 3.82. The van der Waals surface area contributed by atoms with Gasteiger partial charge >= 0.3 is 5.97 Å². The molecule has 3 aromatic rings. The molecule has 0 heterocycles. The Labute approximate surface area is 142 Å². The molecule has 0 atom stereocenters. The van der Waals surface area contributed by atoms with E-state index in [0.717, 1.165) is 16.7 Å². The van der Waals surface area contributed by atoms with Crippen molar-refractivity contribution in [2.45, 2.75) is 5.92 Å². The molecule has 118 valence electrons. The van der Waals surface area contributed by atoms with Gasteiger partial charge in [0.1, 0.15) is 11.7 Å². The van der Waals surface area contributed by atoms with Crippen LogP contribution in [0.5, 0.6) is 0 Å². The summed E-state index contributed by atoms with van der Waals surface area (Å²) in [4.78, 5) is 12.8. The minimum Gasteiger partial charge on any atom is -0.426 e. The van der Waals surface area contributed by atoms with Gasteiger partial charge in [0.05, 0.1) is 0 Å². The minimum atomic E-state index is -0.479. The van der Waals surface area contributed by atoms with Gasteiger partial charge in [-0.1, -0.05) is 97.6 Å². The van der Waals surface area contributed by atoms with E-state index in [-0.39, 0.29) is 5.97 Å². The first-order valence-electron chi connectivity index (χ1n) is 7.81. The smallest absolute Gasteiger partial charge is 0.323 e. The predicted molar refractivity (Wildman–Crippen MR) is 96.3 cm³/mol. The molecule has 0 unspecified atom stereocenters. The van der Waals surface area contributed by atoms with Crippen molar-refractivity contribution in [3.05, 3.63) is 114 Å². The van der Waals surface area contributed by atoms with Crippen LogP contribution in [0.25, 0.3) is 5.76 Å². The molecule has 0 aliphatic heterocycles. The summed E-state index contributed by atoms with van der Waals surface area (Å²) >= 11 is 0. The standard InChI is InChI=1S/C22H18O2/c1-17(18-11-5-2-6-12-18)24-22(23)21(19-13-7-3-8-14-19)20-15-9-4-10-16-20/h2-16,21H,1H2. The molecule has 0 radical (unpaired) electrons. The van der Waals surface area contributed by atoms with Crippen LogP contribution in [0.2, 0.25) is 0 Å². The van der Waals surface area contributed by atoms with Crippen LogP contribution in [0.4, 0.5) is 0 Å². The molecule has 0 spiro atoms. The molecule has 2 heteroatoms. The molecule has 0 saturated carbocycles. The number of esters is 1. The van der Waals surface area contributed by atoms with E-state index in [1.807, 2.05) is 91.0 Å². The summed E-state index contributed by atoms with van der Waals surface area (Å²) in [5.74, 6) is -0.452. The molecule has 3 aromatic carbocycles. The zero-order chi connectivity index (χ0) is 16.8. The lowest BCUT2D eigenvalue weighted by Crippen LogP contribution is -2.16. The number of ether oxygens (including phenoxy) is 1. The summed E-state index contributed by atoms with van der Waals surface area (Å²) in [5, 5.41) is 0. The molecular weight excluding hydrogens is 296 g/mol. The van der Waals surface area contributed by atoms with Crippen LogP contribution >= 0.6 is 0 Å². The molecule has 24 heavy (non-hydrogen) atoms. The highest BCUT2D eigenvalue weighted by atomic mass is 16.5. The first-order valence-corrected chi connectivity index (χ1v) is 7.81. The number of carbonyl (C=O) groups is 1. The minimum absolute atomic E-state index is 0.332. The molecule has 0 aromatic heterocycles. The summed E-state index contributed by atoms with van der Waals surface area (Å²) in [5.41, 5.74) is 2.59. The summed E-state index contributed by atoms with van der Waals surface area (Å²) in [6.07, 6.45) is 0. The third-order valence-electron chi connectivity index (χ3n) is 3.82. The second kappa shape index (κ2) is 7.42. The Balaban J connectivity index is 1.89. The van der Waals surface area contributed by atoms with Gasteiger partial charge in [0, 0.05) is 5.56 Å². The molecule has 0 aliphatic carbocycles. The number of rotatable bonds is 5. The van der Waals surface area contributed by atoms with E-state index >= 15 is 0 Å². The van der Waals surface area contributed by atoms with Gasteiger partial charge in [-0.15, -0.1) is 0 Å². The molecule has 0 bridgehead atoms. The van der Waals surface area contributed by atoms with Crippen molar-refractivity contribution in [1.82, 2.24) is 0 Å². The average Bonchev–Trinajstić information content (AvgIpc) is 2.64. The lowest BCUT2D eigenvalue weighted by Gasteiger charge is -2.17. The zero-order valence-corrected chi connectivity index (χ0v) is 13.3. The summed E-state index contributed by atoms with van der Waals surface area (Å²) in [7, 11) is 0. The Hall–Kier alpha value is -3.13. The fourth-order valence-corrected chi connectivity index (χ4v) is 2.62. The van der Waals surface area contributed by atoms with E-state index < -0.39 is 5.92 Å². The van der Waals surface area contributed by atoms with Crippen LogP contribution in [0, 0.1) is 0 Å². The van der Waals surface area contributed by atoms with Crippen LogP contribution in [-0.4, -0.2) is 5.97 Å². The predicted octanol–water partition coefficient (Wildman–Crippen LogP) is 5.03. The molecule has 0 aliphatic rings. The second-order valence-corrected chi connectivity index (χ2v) is 5.46. The van der Waals surface area contributed by atoms with E-state index in [9.17, 15) is 4.79 Å². The van der Waals surface area contributed by atoms with Crippen molar-refractivity contribution in [3.63, 3.8) is 0 Å². The van der Waals surface area contributed by atoms with Gasteiger partial charge in [-0.3, -0.25) is 4.79 Å². The summed E-state index contributed by atoms with van der Waals surface area (Å²) < 4.78 is 5.57. The maximum absolute atomic E-state index is 12.8. The Morgan fingerprint density at radius 3 is 1.58 bits per heavy atom. The van der Waals surface area contributed by atoms with Gasteiger partial charge < -0.3 is 4.74 Å². The van der Waals surface area contributed by atoms with E-state index in [2.05, 4.69) is 6.58 Å². The van der Waals surface area contributed by atoms with Gasteiger partial charge in [-0.25, -0.2) is 0 Å². The number of hydrogen-bond donors (Lipinski definition) is 0. The van der Waals surface area contributed by atoms with E-state index in [1.165, 1.54) is 0 Å². The first-order chi connectivity index (χ1) is 11.8. The average molecular weight is 314 g/mol. The number of benzene rings is 3. The van der Waals surface area contributed by atoms with Crippen LogP contribution < -0.4 is 0 Å². The SMILES string of the molecule is C=C(OC(=O)C(c1ccccc1)c1ccccc1)c1ccccc1. The van der Waals surface area contributed by atoms with Crippen LogP contribution in [0.15, 0.2) is 97.6 Å². The quantitative estimate of drug-likeness (QED) is 0.487. The molecular formula is C22H18O2. The van der Waals surface area contributed by atoms with Crippen molar-refractivity contribution in [1.29, 1.82) is 0 Å². The van der Waals surface area contributed by atoms with Gasteiger partial charge in [0.25, 0.3) is 0 Å². The fourth-order valence-electron chi connectivity index (χ4n) is 2.62. The highest BCUT2D eigenvalue weighted by Crippen LogP contribution is 2.28. The van der Waals surface area contributed by atoms with Crippen molar-refractivity contribution in [3.8, 4) is 0 Å². The van der Waals surface area contributed by atoms with Crippen LogP contribution in [0.3, 0.4) is 0 Å². The topological polar surface area (TPSA) is 26.3 Å². The highest BCUT2D eigenvalue weighted by Gasteiger charge is 2.25. The van der Waals surface area contributed by atoms with Gasteiger partial charge in [-0.05, 0) is 11.1 Å². The lowest BCUT2D eigenvalue weighted by atomic mass is 9.91. The van der Waals surface area contributed by atoms with Gasteiger partial charge in [-0.2, -0.15) is 0 Å². The second-order valence-electron chi connectivity index (χ2n) is 5.46. The van der Waals surface area contributed by atoms with Crippen molar-refractivity contribution in [2.75, 3.05) is 0 Å². The molecule has 3 rings (SSSR count). The van der Waals surface area contributed by atoms with E-state index in [1.54, 1.807) is 0 Å². The Kier molecular flexibility index (Phi) is 4.87. The Bertz CT molecular complexity index is 769. The molecule has 0 amide bonds. The maximum Gasteiger partial charge on any atom is 0.323 e. The monoisotopic (exact) mass is 314 g/mol. The largest absolute Gasteiger partial charge is 0.426 e. The Morgan fingerprint density at radius 2 is 1.12 bits per heavy atom. The Morgan fingerprint density at radius 1 is 0.708 bits per heavy atom.